The molecule has 1 aliphatic rings. The Morgan fingerprint density at radius 1 is 1.05 bits per heavy atom. The van der Waals surface area contributed by atoms with Crippen LogP contribution in [0.25, 0.3) is 27.5 Å². The number of hydrogen-bond donors (Lipinski definition) is 1. The lowest BCUT2D eigenvalue weighted by atomic mass is 9.94. The summed E-state index contributed by atoms with van der Waals surface area (Å²) in [6.45, 7) is 1.98. The third kappa shape index (κ3) is 5.68. The molecular formula is C31H26F2N4O2S2. The lowest BCUT2D eigenvalue weighted by Gasteiger charge is -2.12. The molecule has 0 saturated heterocycles. The van der Waals surface area contributed by atoms with Crippen molar-refractivity contribution in [2.75, 3.05) is 0 Å². The molecule has 0 spiro atoms. The second kappa shape index (κ2) is 11.2. The van der Waals surface area contributed by atoms with Gasteiger partial charge in [-0.15, -0.1) is 11.3 Å². The van der Waals surface area contributed by atoms with Gasteiger partial charge in [-0.1, -0.05) is 35.9 Å². The van der Waals surface area contributed by atoms with Gasteiger partial charge in [-0.05, 0) is 73.6 Å². The third-order valence-corrected chi connectivity index (χ3v) is 8.85. The minimum absolute atomic E-state index is 0.0617. The Morgan fingerprint density at radius 2 is 1.80 bits per heavy atom. The smallest absolute Gasteiger partial charge is 0.211 e. The quantitative estimate of drug-likeness (QED) is 0.197. The number of aromatic nitrogens is 3. The maximum atomic E-state index is 15.2. The SMILES string of the molecule is Cc1ccc(-c2cc(-c3c(Cc4ccc(S(N)=O)c(F)c4)c(CC4CC4)nn3-c3nc(C=O)cs3)ccc2F)cc1. The standard InChI is InChI=1S/C31H26F2N4O2S2/c1-18-2-7-21(8-3-18)24-15-22(9-10-26(24)32)30-25(12-20-6-11-29(41(34)39)27(33)13-20)28(14-19-4-5-19)36-37(30)31-35-23(16-38)17-40-31/h2-3,6-11,13,15-17,19H,4-5,12,14,34H2,1H3. The van der Waals surface area contributed by atoms with Crippen molar-refractivity contribution in [3.63, 3.8) is 0 Å². The Kier molecular flexibility index (Phi) is 7.46. The van der Waals surface area contributed by atoms with Crippen molar-refractivity contribution >= 4 is 28.6 Å². The molecule has 2 heterocycles. The molecule has 1 fully saturated rings. The molecule has 6 rings (SSSR count). The lowest BCUT2D eigenvalue weighted by Crippen LogP contribution is -2.06. The van der Waals surface area contributed by atoms with Crippen LogP contribution < -0.4 is 5.14 Å². The predicted octanol–water partition coefficient (Wildman–Crippen LogP) is 6.59. The van der Waals surface area contributed by atoms with Crippen LogP contribution in [0.3, 0.4) is 0 Å². The van der Waals surface area contributed by atoms with E-state index >= 15 is 4.39 Å². The van der Waals surface area contributed by atoms with Gasteiger partial charge >= 0.3 is 0 Å². The zero-order valence-electron chi connectivity index (χ0n) is 22.1. The molecule has 0 amide bonds. The Hall–Kier alpha value is -3.86. The number of carbonyl (C=O) groups is 1. The van der Waals surface area contributed by atoms with E-state index in [1.165, 1.54) is 29.5 Å². The number of hydrogen-bond acceptors (Lipinski definition) is 5. The largest absolute Gasteiger partial charge is 0.296 e. The van der Waals surface area contributed by atoms with Gasteiger partial charge in [0.15, 0.2) is 6.29 Å². The molecule has 6 nitrogen and oxygen atoms in total. The maximum absolute atomic E-state index is 15.2. The minimum atomic E-state index is -1.94. The fourth-order valence-corrected chi connectivity index (χ4v) is 6.13. The first-order chi connectivity index (χ1) is 19.8. The zero-order chi connectivity index (χ0) is 28.7. The van der Waals surface area contributed by atoms with Crippen LogP contribution in [0, 0.1) is 24.5 Å². The van der Waals surface area contributed by atoms with E-state index in [2.05, 4.69) is 4.98 Å². The van der Waals surface area contributed by atoms with E-state index in [9.17, 15) is 13.4 Å². The van der Waals surface area contributed by atoms with Crippen LogP contribution in [0.1, 0.15) is 45.7 Å². The van der Waals surface area contributed by atoms with E-state index in [1.807, 2.05) is 31.2 Å². The molecule has 2 N–H and O–H groups in total. The van der Waals surface area contributed by atoms with Crippen LogP contribution in [-0.2, 0) is 23.8 Å². The molecule has 0 radical (unpaired) electrons. The van der Waals surface area contributed by atoms with E-state index in [0.717, 1.165) is 47.2 Å². The summed E-state index contributed by atoms with van der Waals surface area (Å²) in [7, 11) is -1.94. The monoisotopic (exact) mass is 588 g/mol. The van der Waals surface area contributed by atoms with Crippen molar-refractivity contribution in [3.8, 4) is 27.5 Å². The van der Waals surface area contributed by atoms with Gasteiger partial charge in [0.1, 0.15) is 28.3 Å². The topological polar surface area (TPSA) is 90.9 Å². The molecule has 0 bridgehead atoms. The minimum Gasteiger partial charge on any atom is -0.296 e. The van der Waals surface area contributed by atoms with E-state index in [-0.39, 0.29) is 10.7 Å². The second-order valence-corrected chi connectivity index (χ2v) is 12.2. The summed E-state index contributed by atoms with van der Waals surface area (Å²) in [6, 6.07) is 17.1. The number of aryl methyl sites for hydroxylation is 1. The molecular weight excluding hydrogens is 562 g/mol. The fourth-order valence-electron chi connectivity index (χ4n) is 4.95. The highest BCUT2D eigenvalue weighted by Gasteiger charge is 2.29. The maximum Gasteiger partial charge on any atom is 0.211 e. The number of thiazole rings is 1. The Bertz CT molecular complexity index is 1790. The first-order valence-corrected chi connectivity index (χ1v) is 15.2. The lowest BCUT2D eigenvalue weighted by molar-refractivity contribution is 0.111. The molecule has 1 atom stereocenters. The molecule has 41 heavy (non-hydrogen) atoms. The summed E-state index contributed by atoms with van der Waals surface area (Å²) < 4.78 is 43.4. The van der Waals surface area contributed by atoms with Gasteiger partial charge in [0.2, 0.25) is 5.13 Å². The highest BCUT2D eigenvalue weighted by Crippen LogP contribution is 2.39. The number of halogens is 2. The number of nitrogens with two attached hydrogens (primary N) is 1. The summed E-state index contributed by atoms with van der Waals surface area (Å²) in [5.41, 5.74) is 6.33. The number of carbonyl (C=O) groups excluding carboxylic acids is 1. The average Bonchev–Trinajstić information content (AvgIpc) is 3.52. The Morgan fingerprint density at radius 3 is 2.46 bits per heavy atom. The van der Waals surface area contributed by atoms with Crippen LogP contribution in [0.4, 0.5) is 8.78 Å². The van der Waals surface area contributed by atoms with Crippen molar-refractivity contribution in [2.45, 2.75) is 37.5 Å². The predicted molar refractivity (Wildman–Crippen MR) is 156 cm³/mol. The molecule has 2 aromatic heterocycles. The zero-order valence-corrected chi connectivity index (χ0v) is 23.8. The first-order valence-electron chi connectivity index (χ1n) is 13.1. The van der Waals surface area contributed by atoms with E-state index in [0.29, 0.717) is 46.3 Å². The van der Waals surface area contributed by atoms with Crippen molar-refractivity contribution in [3.05, 3.63) is 106 Å². The van der Waals surface area contributed by atoms with Gasteiger partial charge in [-0.3, -0.25) is 4.79 Å². The number of rotatable bonds is 9. The number of aldehydes is 1. The van der Waals surface area contributed by atoms with Gasteiger partial charge < -0.3 is 0 Å². The normalized spacial score (nSPS) is 13.9. The van der Waals surface area contributed by atoms with Crippen LogP contribution in [0.2, 0.25) is 0 Å². The first kappa shape index (κ1) is 27.3. The summed E-state index contributed by atoms with van der Waals surface area (Å²) in [5, 5.41) is 12.6. The van der Waals surface area contributed by atoms with Gasteiger partial charge in [0.25, 0.3) is 0 Å². The number of nitrogens with zero attached hydrogens (tertiary/aromatic N) is 3. The van der Waals surface area contributed by atoms with Crippen LogP contribution in [0.15, 0.2) is 70.9 Å². The van der Waals surface area contributed by atoms with Crippen molar-refractivity contribution in [1.29, 1.82) is 0 Å². The van der Waals surface area contributed by atoms with E-state index in [1.54, 1.807) is 28.3 Å². The summed E-state index contributed by atoms with van der Waals surface area (Å²) in [5.74, 6) is -0.491. The fraction of sp³-hybridized carbons (Fsp3) is 0.194. The second-order valence-electron chi connectivity index (χ2n) is 10.3. The number of benzene rings is 3. The van der Waals surface area contributed by atoms with E-state index in [4.69, 9.17) is 10.2 Å². The van der Waals surface area contributed by atoms with Gasteiger partial charge in [0, 0.05) is 28.5 Å². The highest BCUT2D eigenvalue weighted by atomic mass is 32.2. The molecule has 1 unspecified atom stereocenters. The Balaban J connectivity index is 1.55. The molecule has 208 valence electrons. The highest BCUT2D eigenvalue weighted by molar-refractivity contribution is 7.82. The summed E-state index contributed by atoms with van der Waals surface area (Å²) in [6.07, 6.45) is 3.96. The van der Waals surface area contributed by atoms with Crippen LogP contribution in [0.5, 0.6) is 0 Å². The van der Waals surface area contributed by atoms with Crippen molar-refractivity contribution in [1.82, 2.24) is 14.8 Å². The van der Waals surface area contributed by atoms with E-state index < -0.39 is 16.8 Å². The molecule has 1 aliphatic carbocycles. The third-order valence-electron chi connectivity index (χ3n) is 7.25. The van der Waals surface area contributed by atoms with Gasteiger partial charge in [-0.25, -0.2) is 27.8 Å². The molecule has 10 heteroatoms. The van der Waals surface area contributed by atoms with Crippen molar-refractivity contribution in [2.24, 2.45) is 11.1 Å². The van der Waals surface area contributed by atoms with Gasteiger partial charge in [0.05, 0.1) is 16.3 Å². The Labute approximate surface area is 242 Å². The van der Waals surface area contributed by atoms with Gasteiger partial charge in [-0.2, -0.15) is 5.10 Å². The van der Waals surface area contributed by atoms with Crippen LogP contribution >= 0.6 is 11.3 Å². The molecule has 5 aromatic rings. The molecule has 3 aromatic carbocycles. The summed E-state index contributed by atoms with van der Waals surface area (Å²) >= 11 is 1.29. The molecule has 1 saturated carbocycles. The van der Waals surface area contributed by atoms with Crippen LogP contribution in [-0.4, -0.2) is 25.3 Å². The average molecular weight is 589 g/mol. The molecule has 0 aliphatic heterocycles. The summed E-state index contributed by atoms with van der Waals surface area (Å²) in [4.78, 5) is 15.9. The van der Waals surface area contributed by atoms with Crippen molar-refractivity contribution < 1.29 is 17.8 Å².